The van der Waals surface area contributed by atoms with E-state index in [0.29, 0.717) is 0 Å². The van der Waals surface area contributed by atoms with Crippen molar-refractivity contribution in [2.75, 3.05) is 6.26 Å². The van der Waals surface area contributed by atoms with E-state index in [1.807, 2.05) is 24.5 Å². The van der Waals surface area contributed by atoms with Gasteiger partial charge in [0, 0.05) is 5.39 Å². The summed E-state index contributed by atoms with van der Waals surface area (Å²) < 4.78 is 2.24. The van der Waals surface area contributed by atoms with Crippen molar-refractivity contribution >= 4 is 44.3 Å². The van der Waals surface area contributed by atoms with Crippen molar-refractivity contribution < 1.29 is 0 Å². The van der Waals surface area contributed by atoms with Crippen molar-refractivity contribution in [2.45, 2.75) is 4.34 Å². The van der Waals surface area contributed by atoms with Gasteiger partial charge in [-0.1, -0.05) is 30.0 Å². The molecule has 2 aromatic heterocycles. The van der Waals surface area contributed by atoms with Crippen LogP contribution in [0.2, 0.25) is 0 Å². The van der Waals surface area contributed by atoms with E-state index in [1.165, 1.54) is 5.39 Å². The Balaban J connectivity index is 2.39. The largest absolute Gasteiger partial charge is 0.227 e. The van der Waals surface area contributed by atoms with E-state index < -0.39 is 0 Å². The van der Waals surface area contributed by atoms with Crippen LogP contribution in [-0.4, -0.2) is 16.2 Å². The van der Waals surface area contributed by atoms with E-state index in [4.69, 9.17) is 0 Å². The Hall–Kier alpha value is -1.13. The molecule has 1 aromatic carbocycles. The first-order valence-corrected chi connectivity index (χ1v) is 6.61. The molecule has 4 heteroatoms. The molecule has 2 heterocycles. The van der Waals surface area contributed by atoms with Crippen LogP contribution in [0.1, 0.15) is 0 Å². The van der Waals surface area contributed by atoms with Crippen molar-refractivity contribution in [1.29, 1.82) is 0 Å². The Morgan fingerprint density at radius 2 is 2.07 bits per heavy atom. The van der Waals surface area contributed by atoms with E-state index in [9.17, 15) is 0 Å². The van der Waals surface area contributed by atoms with Crippen LogP contribution < -0.4 is 0 Å². The minimum Gasteiger partial charge on any atom is -0.227 e. The summed E-state index contributed by atoms with van der Waals surface area (Å²) in [6.07, 6.45) is 2.04. The average Bonchev–Trinajstić information content (AvgIpc) is 2.67. The lowest BCUT2D eigenvalue weighted by Gasteiger charge is -1.94. The lowest BCUT2D eigenvalue weighted by molar-refractivity contribution is 1.26. The van der Waals surface area contributed by atoms with Gasteiger partial charge in [-0.3, -0.25) is 0 Å². The quantitative estimate of drug-likeness (QED) is 0.600. The van der Waals surface area contributed by atoms with Crippen LogP contribution in [0.4, 0.5) is 0 Å². The van der Waals surface area contributed by atoms with Crippen molar-refractivity contribution in [3.8, 4) is 0 Å². The van der Waals surface area contributed by atoms with Crippen molar-refractivity contribution in [2.24, 2.45) is 0 Å². The summed E-state index contributed by atoms with van der Waals surface area (Å²) in [5, 5.41) is 1.18. The van der Waals surface area contributed by atoms with Crippen LogP contribution in [0.5, 0.6) is 0 Å². The van der Waals surface area contributed by atoms with Gasteiger partial charge in [-0.2, -0.15) is 0 Å². The van der Waals surface area contributed by atoms with E-state index in [0.717, 1.165) is 20.2 Å². The summed E-state index contributed by atoms with van der Waals surface area (Å²) in [6, 6.07) is 10.3. The highest BCUT2D eigenvalue weighted by atomic mass is 32.2. The monoisotopic (exact) mass is 232 g/mol. The molecule has 0 aliphatic rings. The molecule has 0 spiro atoms. The predicted octanol–water partition coefficient (Wildman–Crippen LogP) is 3.57. The zero-order valence-corrected chi connectivity index (χ0v) is 9.73. The summed E-state index contributed by atoms with van der Waals surface area (Å²) in [5.74, 6) is 0. The molecule has 0 saturated carbocycles. The van der Waals surface area contributed by atoms with Crippen LogP contribution in [-0.2, 0) is 0 Å². The van der Waals surface area contributed by atoms with E-state index in [2.05, 4.69) is 22.1 Å². The number of hydrogen-bond acceptors (Lipinski definition) is 4. The minimum absolute atomic E-state index is 0.864. The fourth-order valence-electron chi connectivity index (χ4n) is 1.53. The number of nitrogens with zero attached hydrogens (tertiary/aromatic N) is 2. The number of para-hydroxylation sites is 1. The first kappa shape index (κ1) is 9.12. The topological polar surface area (TPSA) is 25.8 Å². The molecule has 0 saturated heterocycles. The molecule has 0 amide bonds. The third-order valence-corrected chi connectivity index (χ3v) is 4.22. The zero-order chi connectivity index (χ0) is 10.3. The fourth-order valence-corrected chi connectivity index (χ4v) is 3.00. The summed E-state index contributed by atoms with van der Waals surface area (Å²) >= 11 is 3.37. The maximum atomic E-state index is 4.53. The van der Waals surface area contributed by atoms with Crippen LogP contribution in [0.25, 0.3) is 21.3 Å². The Kier molecular flexibility index (Phi) is 2.11. The first-order valence-electron chi connectivity index (χ1n) is 4.57. The van der Waals surface area contributed by atoms with Gasteiger partial charge in [0.05, 0.1) is 10.2 Å². The number of hydrogen-bond donors (Lipinski definition) is 0. The van der Waals surface area contributed by atoms with E-state index >= 15 is 0 Å². The second-order valence-electron chi connectivity index (χ2n) is 3.19. The molecule has 0 atom stereocenters. The lowest BCUT2D eigenvalue weighted by Crippen LogP contribution is -1.79. The minimum atomic E-state index is 0.864. The Bertz CT molecular complexity index is 578. The SMILES string of the molecule is CSc1nc2nc3ccccc3cc2s1. The smallest absolute Gasteiger partial charge is 0.172 e. The number of pyridine rings is 1. The summed E-state index contributed by atoms with van der Waals surface area (Å²) in [4.78, 5) is 8.98. The highest BCUT2D eigenvalue weighted by Crippen LogP contribution is 2.29. The van der Waals surface area contributed by atoms with Gasteiger partial charge in [-0.15, -0.1) is 11.3 Å². The number of thiazole rings is 1. The summed E-state index contributed by atoms with van der Waals surface area (Å²) in [6.45, 7) is 0. The predicted molar refractivity (Wildman–Crippen MR) is 66.7 cm³/mol. The Morgan fingerprint density at radius 1 is 1.20 bits per heavy atom. The molecular formula is C11H8N2S2. The van der Waals surface area contributed by atoms with Gasteiger partial charge in [0.25, 0.3) is 0 Å². The Labute approximate surface area is 95.4 Å². The molecule has 3 rings (SSSR count). The summed E-state index contributed by atoms with van der Waals surface area (Å²) in [7, 11) is 0. The lowest BCUT2D eigenvalue weighted by atomic mass is 10.2. The van der Waals surface area contributed by atoms with Gasteiger partial charge in [0.15, 0.2) is 9.99 Å². The molecule has 3 aromatic rings. The molecule has 0 radical (unpaired) electrons. The zero-order valence-electron chi connectivity index (χ0n) is 8.10. The third-order valence-electron chi connectivity index (χ3n) is 2.24. The molecule has 0 N–H and O–H groups in total. The van der Waals surface area contributed by atoms with E-state index in [1.54, 1.807) is 23.1 Å². The van der Waals surface area contributed by atoms with Gasteiger partial charge in [-0.25, -0.2) is 9.97 Å². The second-order valence-corrected chi connectivity index (χ2v) is 5.27. The van der Waals surface area contributed by atoms with Crippen LogP contribution in [0.15, 0.2) is 34.7 Å². The van der Waals surface area contributed by atoms with Gasteiger partial charge in [0.1, 0.15) is 0 Å². The molecule has 0 aliphatic carbocycles. The molecule has 0 unspecified atom stereocenters. The third kappa shape index (κ3) is 1.50. The molecule has 74 valence electrons. The highest BCUT2D eigenvalue weighted by molar-refractivity contribution is 8.00. The van der Waals surface area contributed by atoms with Crippen molar-refractivity contribution in [3.63, 3.8) is 0 Å². The number of benzene rings is 1. The maximum absolute atomic E-state index is 4.53. The number of rotatable bonds is 1. The Morgan fingerprint density at radius 3 is 2.93 bits per heavy atom. The van der Waals surface area contributed by atoms with Crippen molar-refractivity contribution in [1.82, 2.24) is 9.97 Å². The maximum Gasteiger partial charge on any atom is 0.172 e. The summed E-state index contributed by atoms with van der Waals surface area (Å²) in [5.41, 5.74) is 1.88. The standard InChI is InChI=1S/C11H8N2S2/c1-14-11-13-10-9(15-11)6-7-4-2-3-5-8(7)12-10/h2-6H,1H3. The fraction of sp³-hybridized carbons (Fsp3) is 0.0909. The second kappa shape index (κ2) is 3.47. The molecule has 15 heavy (non-hydrogen) atoms. The van der Waals surface area contributed by atoms with Crippen molar-refractivity contribution in [3.05, 3.63) is 30.3 Å². The molecule has 0 aliphatic heterocycles. The number of thioether (sulfide) groups is 1. The van der Waals surface area contributed by atoms with Crippen LogP contribution in [0, 0.1) is 0 Å². The van der Waals surface area contributed by atoms with Crippen LogP contribution >= 0.6 is 23.1 Å². The van der Waals surface area contributed by atoms with Gasteiger partial charge in [-0.05, 0) is 18.4 Å². The average molecular weight is 232 g/mol. The highest BCUT2D eigenvalue weighted by Gasteiger charge is 2.05. The number of aromatic nitrogens is 2. The molecule has 0 bridgehead atoms. The van der Waals surface area contributed by atoms with Gasteiger partial charge >= 0.3 is 0 Å². The van der Waals surface area contributed by atoms with Gasteiger partial charge < -0.3 is 0 Å². The molecule has 0 fully saturated rings. The molecule has 2 nitrogen and oxygen atoms in total. The first-order chi connectivity index (χ1) is 7.36. The molecular weight excluding hydrogens is 224 g/mol. The van der Waals surface area contributed by atoms with Crippen LogP contribution in [0.3, 0.4) is 0 Å². The van der Waals surface area contributed by atoms with E-state index in [-0.39, 0.29) is 0 Å². The normalized spacial score (nSPS) is 11.3. The van der Waals surface area contributed by atoms with Gasteiger partial charge in [0.2, 0.25) is 0 Å². The number of fused-ring (bicyclic) bond motifs is 2.